The Morgan fingerprint density at radius 2 is 2.25 bits per heavy atom. The monoisotopic (exact) mass is 346 g/mol. The van der Waals surface area contributed by atoms with Gasteiger partial charge in [-0.05, 0) is 25.8 Å². The van der Waals surface area contributed by atoms with Gasteiger partial charge in [-0.2, -0.15) is 0 Å². The Hall–Kier alpha value is -2.22. The van der Waals surface area contributed by atoms with Crippen LogP contribution in [0.1, 0.15) is 23.5 Å². The van der Waals surface area contributed by atoms with Gasteiger partial charge in [-0.15, -0.1) is 11.3 Å². The van der Waals surface area contributed by atoms with Gasteiger partial charge in [-0.1, -0.05) is 0 Å². The molecular weight excluding hydrogens is 324 g/mol. The zero-order valence-corrected chi connectivity index (χ0v) is 14.6. The van der Waals surface area contributed by atoms with Crippen molar-refractivity contribution in [1.29, 1.82) is 0 Å². The highest BCUT2D eigenvalue weighted by atomic mass is 32.1. The second-order valence-corrected chi connectivity index (χ2v) is 6.90. The van der Waals surface area contributed by atoms with E-state index in [4.69, 9.17) is 0 Å². The first-order valence-corrected chi connectivity index (χ1v) is 9.06. The third-order valence-electron chi connectivity index (χ3n) is 3.92. The number of amides is 2. The standard InChI is InChI=1S/C16H22N6OS/c1-12-20-14(11-24-12)5-8-19-16(23)21-13-4-2-9-22(10-13)15-17-6-3-7-18-15/h3,6-7,11,13H,2,4-5,8-10H2,1H3,(H2,19,21,23)/t13-/m1/s1. The number of carbonyl (C=O) groups excluding carboxylic acids is 1. The number of anilines is 1. The van der Waals surface area contributed by atoms with Gasteiger partial charge in [-0.3, -0.25) is 0 Å². The van der Waals surface area contributed by atoms with Gasteiger partial charge in [-0.25, -0.2) is 19.7 Å². The van der Waals surface area contributed by atoms with Crippen molar-refractivity contribution in [2.45, 2.75) is 32.2 Å². The summed E-state index contributed by atoms with van der Waals surface area (Å²) in [6.45, 7) is 4.24. The van der Waals surface area contributed by atoms with Crippen LogP contribution in [-0.4, -0.2) is 46.7 Å². The van der Waals surface area contributed by atoms with Crippen molar-refractivity contribution in [3.8, 4) is 0 Å². The fourth-order valence-electron chi connectivity index (χ4n) is 2.79. The molecule has 0 saturated carbocycles. The lowest BCUT2D eigenvalue weighted by atomic mass is 10.1. The highest BCUT2D eigenvalue weighted by Crippen LogP contribution is 2.15. The maximum absolute atomic E-state index is 12.1. The van der Waals surface area contributed by atoms with Crippen molar-refractivity contribution in [3.05, 3.63) is 34.5 Å². The Labute approximate surface area is 145 Å². The normalized spacial score (nSPS) is 17.5. The largest absolute Gasteiger partial charge is 0.339 e. The summed E-state index contributed by atoms with van der Waals surface area (Å²) in [5, 5.41) is 9.04. The van der Waals surface area contributed by atoms with Gasteiger partial charge in [0, 0.05) is 49.9 Å². The van der Waals surface area contributed by atoms with Crippen LogP contribution in [0.3, 0.4) is 0 Å². The number of thiazole rings is 1. The highest BCUT2D eigenvalue weighted by Gasteiger charge is 2.22. The van der Waals surface area contributed by atoms with Crippen LogP contribution in [0, 0.1) is 6.92 Å². The number of carbonyl (C=O) groups is 1. The molecule has 1 fully saturated rings. The van der Waals surface area contributed by atoms with Crippen LogP contribution in [0.5, 0.6) is 0 Å². The molecule has 3 heterocycles. The molecule has 2 N–H and O–H groups in total. The minimum Gasteiger partial charge on any atom is -0.339 e. The molecule has 1 aliphatic heterocycles. The van der Waals surface area contributed by atoms with E-state index in [9.17, 15) is 4.79 Å². The van der Waals surface area contributed by atoms with E-state index in [2.05, 4.69) is 30.5 Å². The molecule has 1 aliphatic rings. The molecule has 3 rings (SSSR count). The van der Waals surface area contributed by atoms with Crippen molar-refractivity contribution in [1.82, 2.24) is 25.6 Å². The second-order valence-electron chi connectivity index (χ2n) is 5.84. The molecule has 0 aliphatic carbocycles. The number of hydrogen-bond donors (Lipinski definition) is 2. The predicted molar refractivity (Wildman–Crippen MR) is 94.4 cm³/mol. The zero-order chi connectivity index (χ0) is 16.8. The summed E-state index contributed by atoms with van der Waals surface area (Å²) in [5.41, 5.74) is 1.03. The zero-order valence-electron chi connectivity index (χ0n) is 13.7. The molecule has 0 aromatic carbocycles. The van der Waals surface area contributed by atoms with E-state index in [-0.39, 0.29) is 12.1 Å². The van der Waals surface area contributed by atoms with Gasteiger partial charge >= 0.3 is 6.03 Å². The highest BCUT2D eigenvalue weighted by molar-refractivity contribution is 7.09. The fraction of sp³-hybridized carbons (Fsp3) is 0.500. The van der Waals surface area contributed by atoms with Crippen molar-refractivity contribution in [2.75, 3.05) is 24.5 Å². The Balaban J connectivity index is 1.42. The van der Waals surface area contributed by atoms with Crippen LogP contribution in [0.25, 0.3) is 0 Å². The molecular formula is C16H22N6OS. The minimum absolute atomic E-state index is 0.115. The van der Waals surface area contributed by atoms with E-state index >= 15 is 0 Å². The van der Waals surface area contributed by atoms with Gasteiger partial charge in [0.2, 0.25) is 5.95 Å². The lowest BCUT2D eigenvalue weighted by molar-refractivity contribution is 0.235. The maximum Gasteiger partial charge on any atom is 0.315 e. The number of hydrogen-bond acceptors (Lipinski definition) is 6. The number of aryl methyl sites for hydroxylation is 1. The van der Waals surface area contributed by atoms with Gasteiger partial charge < -0.3 is 15.5 Å². The third-order valence-corrected chi connectivity index (χ3v) is 4.75. The van der Waals surface area contributed by atoms with Crippen LogP contribution in [0.4, 0.5) is 10.7 Å². The smallest absolute Gasteiger partial charge is 0.315 e. The summed E-state index contributed by atoms with van der Waals surface area (Å²) in [4.78, 5) is 27.1. The van der Waals surface area contributed by atoms with Crippen LogP contribution in [0.15, 0.2) is 23.8 Å². The molecule has 2 amide bonds. The molecule has 8 heteroatoms. The summed E-state index contributed by atoms with van der Waals surface area (Å²) in [6, 6.07) is 1.80. The molecule has 1 atom stereocenters. The summed E-state index contributed by atoms with van der Waals surface area (Å²) in [6.07, 6.45) is 6.23. The van der Waals surface area contributed by atoms with Crippen molar-refractivity contribution in [2.24, 2.45) is 0 Å². The number of urea groups is 1. The Kier molecular flexibility index (Phi) is 5.58. The van der Waals surface area contributed by atoms with E-state index in [1.54, 1.807) is 29.8 Å². The van der Waals surface area contributed by atoms with E-state index < -0.39 is 0 Å². The molecule has 1 saturated heterocycles. The summed E-state index contributed by atoms with van der Waals surface area (Å²) in [7, 11) is 0. The Morgan fingerprint density at radius 1 is 1.42 bits per heavy atom. The maximum atomic E-state index is 12.1. The second kappa shape index (κ2) is 8.05. The molecule has 128 valence electrons. The predicted octanol–water partition coefficient (Wildman–Crippen LogP) is 1.75. The van der Waals surface area contributed by atoms with E-state index in [0.29, 0.717) is 6.54 Å². The van der Waals surface area contributed by atoms with Crippen LogP contribution >= 0.6 is 11.3 Å². The van der Waals surface area contributed by atoms with Crippen LogP contribution in [-0.2, 0) is 6.42 Å². The average molecular weight is 346 g/mol. The van der Waals surface area contributed by atoms with Crippen molar-refractivity contribution in [3.63, 3.8) is 0 Å². The molecule has 7 nitrogen and oxygen atoms in total. The summed E-state index contributed by atoms with van der Waals surface area (Å²) < 4.78 is 0. The molecule has 0 radical (unpaired) electrons. The quantitative estimate of drug-likeness (QED) is 0.862. The number of nitrogens with one attached hydrogen (secondary N) is 2. The third kappa shape index (κ3) is 4.64. The Morgan fingerprint density at radius 3 is 3.00 bits per heavy atom. The Bertz CT molecular complexity index is 662. The average Bonchev–Trinajstić information content (AvgIpc) is 3.01. The molecule has 0 bridgehead atoms. The van der Waals surface area contributed by atoms with Crippen LogP contribution in [0.2, 0.25) is 0 Å². The topological polar surface area (TPSA) is 83.0 Å². The summed E-state index contributed by atoms with van der Waals surface area (Å²) in [5.74, 6) is 0.725. The van der Waals surface area contributed by atoms with Gasteiger partial charge in [0.25, 0.3) is 0 Å². The van der Waals surface area contributed by atoms with Gasteiger partial charge in [0.15, 0.2) is 0 Å². The lowest BCUT2D eigenvalue weighted by Gasteiger charge is -2.33. The first-order valence-electron chi connectivity index (χ1n) is 8.18. The number of aromatic nitrogens is 3. The minimum atomic E-state index is -0.122. The van der Waals surface area contributed by atoms with Gasteiger partial charge in [0.05, 0.1) is 10.7 Å². The first kappa shape index (κ1) is 16.6. The fourth-order valence-corrected chi connectivity index (χ4v) is 3.44. The number of nitrogens with zero attached hydrogens (tertiary/aromatic N) is 4. The lowest BCUT2D eigenvalue weighted by Crippen LogP contribution is -2.51. The molecule has 0 unspecified atom stereocenters. The van der Waals surface area contributed by atoms with E-state index in [1.807, 2.05) is 12.3 Å². The molecule has 24 heavy (non-hydrogen) atoms. The number of rotatable bonds is 5. The summed E-state index contributed by atoms with van der Waals surface area (Å²) >= 11 is 1.63. The van der Waals surface area contributed by atoms with E-state index in [1.165, 1.54) is 0 Å². The first-order chi connectivity index (χ1) is 11.7. The molecule has 2 aromatic heterocycles. The SMILES string of the molecule is Cc1nc(CCNC(=O)N[C@@H]2CCCN(c3ncccn3)C2)cs1. The molecule has 2 aromatic rings. The van der Waals surface area contributed by atoms with E-state index in [0.717, 1.165) is 49.0 Å². The van der Waals surface area contributed by atoms with Crippen molar-refractivity contribution >= 4 is 23.3 Å². The van der Waals surface area contributed by atoms with Crippen LogP contribution < -0.4 is 15.5 Å². The van der Waals surface area contributed by atoms with Gasteiger partial charge in [0.1, 0.15) is 0 Å². The number of piperidine rings is 1. The molecule has 0 spiro atoms. The van der Waals surface area contributed by atoms with Crippen molar-refractivity contribution < 1.29 is 4.79 Å².